The Morgan fingerprint density at radius 3 is 3.09 bits per heavy atom. The lowest BCUT2D eigenvalue weighted by atomic mass is 9.99. The van der Waals surface area contributed by atoms with Crippen molar-refractivity contribution in [1.82, 2.24) is 9.97 Å². The number of aromatic nitrogens is 2. The highest BCUT2D eigenvalue weighted by atomic mass is 19.1. The van der Waals surface area contributed by atoms with Gasteiger partial charge >= 0.3 is 0 Å². The fourth-order valence-corrected chi connectivity index (χ4v) is 2.84. The number of phenols is 1. The monoisotopic (exact) mass is 303 g/mol. The van der Waals surface area contributed by atoms with E-state index in [1.165, 1.54) is 7.11 Å². The summed E-state index contributed by atoms with van der Waals surface area (Å²) >= 11 is 0. The Hall–Kier alpha value is -2.37. The Balaban J connectivity index is 1.67. The Kier molecular flexibility index (Phi) is 4.09. The number of aromatic hydroxyl groups is 1. The van der Waals surface area contributed by atoms with Crippen molar-refractivity contribution < 1.29 is 14.2 Å². The first-order chi connectivity index (χ1) is 10.7. The highest BCUT2D eigenvalue weighted by molar-refractivity contribution is 5.35. The van der Waals surface area contributed by atoms with Gasteiger partial charge in [0.05, 0.1) is 13.3 Å². The number of rotatable bonds is 4. The number of hydrogen-bond donors (Lipinski definition) is 1. The van der Waals surface area contributed by atoms with Gasteiger partial charge in [0, 0.05) is 13.1 Å². The molecule has 1 N–H and O–H groups in total. The molecule has 0 spiro atoms. The second kappa shape index (κ2) is 6.17. The Labute approximate surface area is 128 Å². The smallest absolute Gasteiger partial charge is 0.255 e. The molecule has 0 saturated carbocycles. The fraction of sp³-hybridized carbons (Fsp3) is 0.375. The van der Waals surface area contributed by atoms with Gasteiger partial charge in [0.2, 0.25) is 11.8 Å². The molecule has 5 nitrogen and oxygen atoms in total. The van der Waals surface area contributed by atoms with Crippen molar-refractivity contribution >= 4 is 5.95 Å². The second-order valence-corrected chi connectivity index (χ2v) is 5.50. The molecule has 1 aromatic carbocycles. The van der Waals surface area contributed by atoms with E-state index in [0.717, 1.165) is 37.7 Å². The lowest BCUT2D eigenvalue weighted by molar-refractivity contribution is 0.367. The number of benzene rings is 1. The summed E-state index contributed by atoms with van der Waals surface area (Å²) in [6.45, 7) is 1.64. The van der Waals surface area contributed by atoms with Crippen LogP contribution in [0.2, 0.25) is 0 Å². The van der Waals surface area contributed by atoms with E-state index in [2.05, 4.69) is 9.97 Å². The molecule has 0 amide bonds. The Morgan fingerprint density at radius 1 is 1.45 bits per heavy atom. The minimum Gasteiger partial charge on any atom is -0.508 e. The van der Waals surface area contributed by atoms with E-state index >= 15 is 0 Å². The van der Waals surface area contributed by atoms with Crippen molar-refractivity contribution in [3.8, 4) is 11.6 Å². The van der Waals surface area contributed by atoms with Gasteiger partial charge in [0.15, 0.2) is 0 Å². The maximum absolute atomic E-state index is 13.4. The van der Waals surface area contributed by atoms with Crippen LogP contribution in [0.3, 0.4) is 0 Å². The van der Waals surface area contributed by atoms with Gasteiger partial charge in [-0.15, -0.1) is 0 Å². The van der Waals surface area contributed by atoms with Gasteiger partial charge in [-0.2, -0.15) is 9.37 Å². The highest BCUT2D eigenvalue weighted by Crippen LogP contribution is 2.26. The summed E-state index contributed by atoms with van der Waals surface area (Å²) in [5.74, 6) is 0.667. The SMILES string of the molecule is COc1nc(N2CCC(Cc3cccc(O)c3)C2)ncc1F. The van der Waals surface area contributed by atoms with E-state index in [-0.39, 0.29) is 5.88 Å². The lowest BCUT2D eigenvalue weighted by Gasteiger charge is -2.17. The van der Waals surface area contributed by atoms with Crippen molar-refractivity contribution in [2.75, 3.05) is 25.1 Å². The van der Waals surface area contributed by atoms with Crippen LogP contribution < -0.4 is 9.64 Å². The predicted molar refractivity (Wildman–Crippen MR) is 80.7 cm³/mol. The number of nitrogens with zero attached hydrogens (tertiary/aromatic N) is 3. The molecule has 1 saturated heterocycles. The molecule has 1 aliphatic heterocycles. The molecular weight excluding hydrogens is 285 g/mol. The molecule has 1 aliphatic rings. The van der Waals surface area contributed by atoms with Crippen LogP contribution in [0.5, 0.6) is 11.6 Å². The topological polar surface area (TPSA) is 58.5 Å². The van der Waals surface area contributed by atoms with Crippen LogP contribution in [-0.4, -0.2) is 35.3 Å². The van der Waals surface area contributed by atoms with Crippen LogP contribution in [0, 0.1) is 11.7 Å². The molecule has 1 fully saturated rings. The van der Waals surface area contributed by atoms with E-state index in [1.54, 1.807) is 12.1 Å². The van der Waals surface area contributed by atoms with E-state index in [9.17, 15) is 9.50 Å². The average molecular weight is 303 g/mol. The third-order valence-electron chi connectivity index (χ3n) is 3.90. The second-order valence-electron chi connectivity index (χ2n) is 5.50. The molecule has 6 heteroatoms. The van der Waals surface area contributed by atoms with E-state index < -0.39 is 5.82 Å². The zero-order valence-electron chi connectivity index (χ0n) is 12.4. The quantitative estimate of drug-likeness (QED) is 0.940. The van der Waals surface area contributed by atoms with Crippen molar-refractivity contribution in [3.63, 3.8) is 0 Å². The molecule has 1 atom stereocenters. The maximum Gasteiger partial charge on any atom is 0.255 e. The van der Waals surface area contributed by atoms with E-state index in [0.29, 0.717) is 17.6 Å². The van der Waals surface area contributed by atoms with Gasteiger partial charge in [-0.05, 0) is 36.5 Å². The minimum absolute atomic E-state index is 0.0265. The zero-order valence-corrected chi connectivity index (χ0v) is 12.4. The van der Waals surface area contributed by atoms with Crippen molar-refractivity contribution in [1.29, 1.82) is 0 Å². The molecule has 1 aromatic heterocycles. The number of halogens is 1. The number of anilines is 1. The van der Waals surface area contributed by atoms with Crippen LogP contribution in [0.25, 0.3) is 0 Å². The summed E-state index contributed by atoms with van der Waals surface area (Å²) in [5, 5.41) is 9.52. The number of methoxy groups -OCH3 is 1. The highest BCUT2D eigenvalue weighted by Gasteiger charge is 2.25. The van der Waals surface area contributed by atoms with Crippen molar-refractivity contribution in [3.05, 3.63) is 41.8 Å². The Morgan fingerprint density at radius 2 is 2.32 bits per heavy atom. The molecule has 116 valence electrons. The molecular formula is C16H18FN3O2. The normalized spacial score (nSPS) is 17.7. The van der Waals surface area contributed by atoms with Crippen LogP contribution in [-0.2, 0) is 6.42 Å². The summed E-state index contributed by atoms with van der Waals surface area (Å²) in [4.78, 5) is 10.2. The Bertz CT molecular complexity index is 666. The molecule has 0 bridgehead atoms. The third-order valence-corrected chi connectivity index (χ3v) is 3.90. The number of ether oxygens (including phenoxy) is 1. The molecule has 0 radical (unpaired) electrons. The molecule has 2 heterocycles. The van der Waals surface area contributed by atoms with E-state index in [1.807, 2.05) is 17.0 Å². The minimum atomic E-state index is -0.554. The van der Waals surface area contributed by atoms with Crippen LogP contribution in [0.1, 0.15) is 12.0 Å². The van der Waals surface area contributed by atoms with E-state index in [4.69, 9.17) is 4.74 Å². The van der Waals surface area contributed by atoms with Crippen molar-refractivity contribution in [2.45, 2.75) is 12.8 Å². The van der Waals surface area contributed by atoms with Gasteiger partial charge in [-0.3, -0.25) is 0 Å². The zero-order chi connectivity index (χ0) is 15.5. The summed E-state index contributed by atoms with van der Waals surface area (Å²) in [7, 11) is 1.39. The fourth-order valence-electron chi connectivity index (χ4n) is 2.84. The summed E-state index contributed by atoms with van der Waals surface area (Å²) in [5.41, 5.74) is 1.12. The number of hydrogen-bond acceptors (Lipinski definition) is 5. The standard InChI is InChI=1S/C16H18FN3O2/c1-22-15-14(17)9-18-16(19-15)20-6-5-12(10-20)7-11-3-2-4-13(21)8-11/h2-4,8-9,12,21H,5-7,10H2,1H3. The van der Waals surface area contributed by atoms with Gasteiger partial charge in [0.1, 0.15) is 5.75 Å². The first kappa shape index (κ1) is 14.6. The first-order valence-electron chi connectivity index (χ1n) is 7.25. The molecule has 1 unspecified atom stereocenters. The largest absolute Gasteiger partial charge is 0.508 e. The van der Waals surface area contributed by atoms with Gasteiger partial charge in [-0.1, -0.05) is 12.1 Å². The summed E-state index contributed by atoms with van der Waals surface area (Å²) < 4.78 is 18.3. The number of phenolic OH excluding ortho intramolecular Hbond substituents is 1. The maximum atomic E-state index is 13.4. The first-order valence-corrected chi connectivity index (χ1v) is 7.25. The van der Waals surface area contributed by atoms with Gasteiger partial charge in [-0.25, -0.2) is 4.98 Å². The summed E-state index contributed by atoms with van der Waals surface area (Å²) in [6, 6.07) is 7.33. The predicted octanol–water partition coefficient (Wildman–Crippen LogP) is 2.40. The average Bonchev–Trinajstić information content (AvgIpc) is 2.96. The van der Waals surface area contributed by atoms with Crippen LogP contribution in [0.15, 0.2) is 30.5 Å². The third kappa shape index (κ3) is 3.10. The molecule has 0 aliphatic carbocycles. The lowest BCUT2D eigenvalue weighted by Crippen LogP contribution is -2.22. The molecule has 22 heavy (non-hydrogen) atoms. The molecule has 2 aromatic rings. The molecule has 3 rings (SSSR count). The van der Waals surface area contributed by atoms with Crippen molar-refractivity contribution in [2.24, 2.45) is 5.92 Å². The summed E-state index contributed by atoms with van der Waals surface area (Å²) in [6.07, 6.45) is 3.05. The van der Waals surface area contributed by atoms with Gasteiger partial charge < -0.3 is 14.7 Å². The van der Waals surface area contributed by atoms with Crippen LogP contribution in [0.4, 0.5) is 10.3 Å². The van der Waals surface area contributed by atoms with Crippen LogP contribution >= 0.6 is 0 Å². The van der Waals surface area contributed by atoms with Gasteiger partial charge in [0.25, 0.3) is 5.88 Å².